The lowest BCUT2D eigenvalue weighted by Gasteiger charge is -2.28. The summed E-state index contributed by atoms with van der Waals surface area (Å²) in [7, 11) is 0. The van der Waals surface area contributed by atoms with Crippen LogP contribution in [0.1, 0.15) is 0 Å². The van der Waals surface area contributed by atoms with E-state index in [1.807, 2.05) is 11.3 Å². The van der Waals surface area contributed by atoms with E-state index in [1.165, 1.54) is 86.2 Å². The van der Waals surface area contributed by atoms with Crippen molar-refractivity contribution in [1.82, 2.24) is 4.40 Å². The van der Waals surface area contributed by atoms with Gasteiger partial charge in [-0.15, -0.1) is 11.3 Å². The number of thiophene rings is 1. The molecule has 11 aromatic rings. The lowest BCUT2D eigenvalue weighted by atomic mass is 9.96. The van der Waals surface area contributed by atoms with Gasteiger partial charge in [0.05, 0.1) is 22.2 Å². The molecule has 3 aromatic heterocycles. The second-order valence-electron chi connectivity index (χ2n) is 13.3. The summed E-state index contributed by atoms with van der Waals surface area (Å²) in [5, 5.41) is 7.67. The molecule has 0 bridgehead atoms. The van der Waals surface area contributed by atoms with Gasteiger partial charge in [-0.25, -0.2) is 0 Å². The average molecular weight is 667 g/mol. The fourth-order valence-electron chi connectivity index (χ4n) is 8.24. The summed E-state index contributed by atoms with van der Waals surface area (Å²) >= 11 is 1.86. The minimum absolute atomic E-state index is 1.12. The predicted octanol–water partition coefficient (Wildman–Crippen LogP) is 14.0. The van der Waals surface area contributed by atoms with Crippen LogP contribution in [0.2, 0.25) is 0 Å². The summed E-state index contributed by atoms with van der Waals surface area (Å²) < 4.78 is 5.09. The molecule has 0 radical (unpaired) electrons. The first kappa shape index (κ1) is 28.4. The number of anilines is 3. The van der Waals surface area contributed by atoms with Crippen molar-refractivity contribution in [2.24, 2.45) is 0 Å². The lowest BCUT2D eigenvalue weighted by Crippen LogP contribution is -2.11. The molecule has 3 heterocycles. The van der Waals surface area contributed by atoms with Crippen LogP contribution in [0, 0.1) is 0 Å². The number of nitrogens with zero attached hydrogens (tertiary/aromatic N) is 2. The molecule has 2 nitrogen and oxygen atoms in total. The maximum Gasteiger partial charge on any atom is 0.0641 e. The van der Waals surface area contributed by atoms with Crippen molar-refractivity contribution < 1.29 is 0 Å². The molecular formula is C48H30N2S. The Morgan fingerprint density at radius 3 is 1.69 bits per heavy atom. The standard InChI is InChI=1S/C48H30N2S/c1-3-13-31(14-4-1)33-27-34(32-15-5-2-6-16-32)29-36(28-33)49(35-23-26-46-41(30-35)38-18-9-12-22-45(38)51-46)44-25-24-39-37-17-7-10-20-42(37)50-43-21-11-8-19-40(43)47(44)48(39)50/h1-30H. The highest BCUT2D eigenvalue weighted by Crippen LogP contribution is 2.49. The van der Waals surface area contributed by atoms with Crippen LogP contribution in [-0.2, 0) is 0 Å². The highest BCUT2D eigenvalue weighted by atomic mass is 32.1. The minimum atomic E-state index is 1.12. The van der Waals surface area contributed by atoms with E-state index in [2.05, 4.69) is 191 Å². The summed E-state index contributed by atoms with van der Waals surface area (Å²) in [5.74, 6) is 0. The third-order valence-electron chi connectivity index (χ3n) is 10.5. The Balaban J connectivity index is 1.27. The molecule has 0 amide bonds. The Labute approximate surface area is 299 Å². The first-order chi connectivity index (χ1) is 25.3. The van der Waals surface area contributed by atoms with Crippen LogP contribution in [-0.4, -0.2) is 4.40 Å². The zero-order valence-electron chi connectivity index (χ0n) is 27.6. The summed E-state index contributed by atoms with van der Waals surface area (Å²) in [4.78, 5) is 2.50. The number of hydrogen-bond acceptors (Lipinski definition) is 2. The topological polar surface area (TPSA) is 7.65 Å². The molecule has 0 aliphatic carbocycles. The van der Waals surface area contributed by atoms with Gasteiger partial charge >= 0.3 is 0 Å². The highest BCUT2D eigenvalue weighted by molar-refractivity contribution is 7.25. The fraction of sp³-hybridized carbons (Fsp3) is 0. The third kappa shape index (κ3) is 4.29. The normalized spacial score (nSPS) is 11.9. The van der Waals surface area contributed by atoms with E-state index in [1.54, 1.807) is 0 Å². The number of para-hydroxylation sites is 2. The molecular weight excluding hydrogens is 637 g/mol. The zero-order valence-corrected chi connectivity index (χ0v) is 28.4. The Morgan fingerprint density at radius 2 is 0.961 bits per heavy atom. The second-order valence-corrected chi connectivity index (χ2v) is 14.4. The van der Waals surface area contributed by atoms with Crippen LogP contribution in [0.15, 0.2) is 182 Å². The SMILES string of the molecule is c1ccc(-c2cc(-c3ccccc3)cc(N(c3ccc4sc5ccccc5c4c3)c3ccc4c5ccccc5n5c6ccccc6c3c45)c2)cc1. The third-order valence-corrected chi connectivity index (χ3v) is 11.6. The maximum absolute atomic E-state index is 2.50. The fourth-order valence-corrected chi connectivity index (χ4v) is 9.33. The Bertz CT molecular complexity index is 3020. The largest absolute Gasteiger partial charge is 0.310 e. The Hall–Kier alpha value is -6.42. The highest BCUT2D eigenvalue weighted by Gasteiger charge is 2.25. The van der Waals surface area contributed by atoms with Gasteiger partial charge in [0.1, 0.15) is 0 Å². The van der Waals surface area contributed by atoms with Crippen molar-refractivity contribution in [1.29, 1.82) is 0 Å². The van der Waals surface area contributed by atoms with Crippen LogP contribution < -0.4 is 4.90 Å². The van der Waals surface area contributed by atoms with Gasteiger partial charge < -0.3 is 9.30 Å². The van der Waals surface area contributed by atoms with Crippen LogP contribution >= 0.6 is 11.3 Å². The molecule has 0 spiro atoms. The molecule has 0 saturated heterocycles. The van der Waals surface area contributed by atoms with E-state index < -0.39 is 0 Å². The van der Waals surface area contributed by atoms with Crippen molar-refractivity contribution in [3.05, 3.63) is 182 Å². The molecule has 0 fully saturated rings. The molecule has 0 aliphatic heterocycles. The van der Waals surface area contributed by atoms with Gasteiger partial charge in [-0.05, 0) is 82.9 Å². The smallest absolute Gasteiger partial charge is 0.0641 e. The summed E-state index contributed by atoms with van der Waals surface area (Å²) in [6.07, 6.45) is 0. The first-order valence-electron chi connectivity index (χ1n) is 17.4. The van der Waals surface area contributed by atoms with Crippen molar-refractivity contribution >= 4 is 86.7 Å². The monoisotopic (exact) mass is 666 g/mol. The van der Waals surface area contributed by atoms with E-state index in [-0.39, 0.29) is 0 Å². The van der Waals surface area contributed by atoms with Crippen molar-refractivity contribution in [2.75, 3.05) is 4.90 Å². The van der Waals surface area contributed by atoms with Crippen LogP contribution in [0.4, 0.5) is 17.1 Å². The Kier molecular flexibility index (Phi) is 6.16. The van der Waals surface area contributed by atoms with E-state index in [0.29, 0.717) is 0 Å². The average Bonchev–Trinajstić information content (AvgIpc) is 3.86. The maximum atomic E-state index is 2.50. The molecule has 0 aliphatic rings. The van der Waals surface area contributed by atoms with Gasteiger partial charge in [0, 0.05) is 53.1 Å². The van der Waals surface area contributed by atoms with E-state index >= 15 is 0 Å². The van der Waals surface area contributed by atoms with Gasteiger partial charge in [0.25, 0.3) is 0 Å². The molecule has 51 heavy (non-hydrogen) atoms. The quantitative estimate of drug-likeness (QED) is 0.177. The number of rotatable bonds is 5. The molecule has 11 rings (SSSR count). The van der Waals surface area contributed by atoms with Crippen molar-refractivity contribution in [3.63, 3.8) is 0 Å². The summed E-state index contributed by atoms with van der Waals surface area (Å²) in [5.41, 5.74) is 11.9. The molecule has 238 valence electrons. The van der Waals surface area contributed by atoms with Gasteiger partial charge in [-0.2, -0.15) is 0 Å². The van der Waals surface area contributed by atoms with Gasteiger partial charge in [0.15, 0.2) is 0 Å². The Morgan fingerprint density at radius 1 is 0.373 bits per heavy atom. The van der Waals surface area contributed by atoms with E-state index in [4.69, 9.17) is 0 Å². The number of fused-ring (bicyclic) bond motifs is 9. The zero-order chi connectivity index (χ0) is 33.5. The second kappa shape index (κ2) is 11.0. The van der Waals surface area contributed by atoms with Gasteiger partial charge in [0.2, 0.25) is 0 Å². The molecule has 0 N–H and O–H groups in total. The number of benzene rings is 8. The molecule has 0 unspecified atom stereocenters. The lowest BCUT2D eigenvalue weighted by molar-refractivity contribution is 1.31. The van der Waals surface area contributed by atoms with E-state index in [9.17, 15) is 0 Å². The van der Waals surface area contributed by atoms with Gasteiger partial charge in [-0.3, -0.25) is 0 Å². The predicted molar refractivity (Wildman–Crippen MR) is 220 cm³/mol. The van der Waals surface area contributed by atoms with Gasteiger partial charge in [-0.1, -0.05) is 121 Å². The molecule has 3 heteroatoms. The van der Waals surface area contributed by atoms with Crippen LogP contribution in [0.5, 0.6) is 0 Å². The number of hydrogen-bond donors (Lipinski definition) is 0. The van der Waals surface area contributed by atoms with Crippen LogP contribution in [0.3, 0.4) is 0 Å². The molecule has 0 saturated carbocycles. The van der Waals surface area contributed by atoms with E-state index in [0.717, 1.165) is 11.4 Å². The molecule has 8 aromatic carbocycles. The first-order valence-corrected chi connectivity index (χ1v) is 18.3. The van der Waals surface area contributed by atoms with Crippen molar-refractivity contribution in [3.8, 4) is 22.3 Å². The number of aromatic nitrogens is 1. The minimum Gasteiger partial charge on any atom is -0.310 e. The molecule has 0 atom stereocenters. The summed E-state index contributed by atoms with van der Waals surface area (Å²) in [6, 6.07) is 66.8. The van der Waals surface area contributed by atoms with Crippen LogP contribution in [0.25, 0.3) is 80.5 Å². The van der Waals surface area contributed by atoms with Crippen molar-refractivity contribution in [2.45, 2.75) is 0 Å². The summed E-state index contributed by atoms with van der Waals surface area (Å²) in [6.45, 7) is 0.